The lowest BCUT2D eigenvalue weighted by Crippen LogP contribution is -2.59. The van der Waals surface area contributed by atoms with Crippen LogP contribution in [0.5, 0.6) is 0 Å². The predicted molar refractivity (Wildman–Crippen MR) is 245 cm³/mol. The molecule has 2 aromatic carbocycles. The van der Waals surface area contributed by atoms with Crippen LogP contribution in [0.25, 0.3) is 22.1 Å². The number of alkyl halides is 2. The number of carbonyl (C=O) groups is 7. The Morgan fingerprint density at radius 3 is 1.50 bits per heavy atom. The molecule has 0 bridgehead atoms. The van der Waals surface area contributed by atoms with Crippen molar-refractivity contribution in [2.45, 2.75) is 75.4 Å². The first kappa shape index (κ1) is 44.7. The number of nitrogens with one attached hydrogen (secondary N) is 3. The third kappa shape index (κ3) is 6.42. The molecule has 5 aliphatic heterocycles. The summed E-state index contributed by atoms with van der Waals surface area (Å²) in [5, 5.41) is 27.4. The number of rotatable bonds is 9. The van der Waals surface area contributed by atoms with Crippen molar-refractivity contribution in [2.24, 2.45) is 5.41 Å². The number of benzene rings is 2. The number of aromatic amines is 2. The lowest BCUT2D eigenvalue weighted by molar-refractivity contribution is -0.148. The lowest BCUT2D eigenvalue weighted by atomic mass is 9.72. The number of likely N-dealkylation sites (tertiary alicyclic amines) is 2. The van der Waals surface area contributed by atoms with E-state index >= 15 is 18.4 Å². The van der Waals surface area contributed by atoms with Gasteiger partial charge in [0, 0.05) is 55.9 Å². The monoisotopic (exact) mass is 953 g/mol. The summed E-state index contributed by atoms with van der Waals surface area (Å²) in [7, 11) is 0. The molecular weight excluding hydrogens is 909 g/mol. The third-order valence-electron chi connectivity index (χ3n) is 15.4. The number of aryl methyl sites for hydroxylation is 2. The minimum atomic E-state index is -2.90. The summed E-state index contributed by atoms with van der Waals surface area (Å²) in [5.74, 6) is -6.82. The molecule has 4 N–H and O–H groups in total. The van der Waals surface area contributed by atoms with E-state index in [0.29, 0.717) is 65.2 Å². The number of nitrogens with zero attached hydrogens (tertiary/aromatic N) is 8. The Morgan fingerprint density at radius 2 is 1.10 bits per heavy atom. The number of aromatic nitrogens is 6. The number of carboxylic acids is 1. The van der Waals surface area contributed by atoms with Gasteiger partial charge in [-0.25, -0.2) is 18.7 Å². The van der Waals surface area contributed by atoms with Crippen molar-refractivity contribution < 1.29 is 47.4 Å². The molecule has 3 atom stereocenters. The van der Waals surface area contributed by atoms with E-state index in [1.807, 2.05) is 0 Å². The van der Waals surface area contributed by atoms with Crippen LogP contribution in [0.3, 0.4) is 0 Å². The number of aliphatic carboxylic acids is 1. The SMILES string of the molecule is Cc1cccc2c1C1(CCN(C(=O)c3cnc4[nH]ncc4c3)CC1)C(=O)N2C(F)C(=O)C1(C(=O)C(F)N2C(=O)C3(CCN(C(=O)c4cnc5[nH]ncc5c4)CC3)c3c(C)cccc32)CNC(C(=O)O)C1. The van der Waals surface area contributed by atoms with Gasteiger partial charge >= 0.3 is 5.97 Å². The van der Waals surface area contributed by atoms with Crippen LogP contribution in [-0.2, 0) is 34.8 Å². The normalized spacial score (nSPS) is 22.3. The fraction of sp³-hybridized carbons (Fsp3) is 0.367. The van der Waals surface area contributed by atoms with E-state index in [-0.39, 0.29) is 75.1 Å². The Labute approximate surface area is 396 Å². The topological polar surface area (TPSA) is 248 Å². The second kappa shape index (κ2) is 16.1. The van der Waals surface area contributed by atoms with E-state index in [1.165, 1.54) is 24.5 Å². The number of hydrogen-bond acceptors (Lipinski definition) is 12. The molecule has 358 valence electrons. The molecule has 11 rings (SSSR count). The maximum atomic E-state index is 17.7. The minimum absolute atomic E-state index is 0.0509. The standard InChI is InChI=1S/C49H45F2N11O8/c1-25-5-3-7-32-34(25)47(9-13-59(14-10-47)42(65)29-17-27-22-55-57-40(27)52-20-29)45(69)61(32)38(50)36(63)49(19-31(44(67)68)54-24-49)37(64)39(51)62-33-8-4-6-26(2)35(33)48(46(62)70)11-15-60(16-12-48)43(66)30-18-28-23-56-58-41(28)53-21-30/h3-8,17-18,20-23,31,38-39,54H,9-16,19,24H2,1-2H3,(H,67,68)(H,52,55,57)(H,53,56,58). The van der Waals surface area contributed by atoms with Crippen molar-refractivity contribution >= 4 is 74.6 Å². The average molecular weight is 954 g/mol. The van der Waals surface area contributed by atoms with Gasteiger partial charge < -0.3 is 20.2 Å². The molecule has 4 aromatic heterocycles. The maximum absolute atomic E-state index is 17.7. The Morgan fingerprint density at radius 1 is 0.671 bits per heavy atom. The number of piperidine rings is 2. The smallest absolute Gasteiger partial charge is 0.320 e. The summed E-state index contributed by atoms with van der Waals surface area (Å²) in [6, 6.07) is 11.3. The number of halogens is 2. The van der Waals surface area contributed by atoms with Gasteiger partial charge in [0.25, 0.3) is 11.8 Å². The lowest BCUT2D eigenvalue weighted by Gasteiger charge is -2.40. The predicted octanol–water partition coefficient (Wildman–Crippen LogP) is 3.75. The fourth-order valence-electron chi connectivity index (χ4n) is 11.8. The Kier molecular flexibility index (Phi) is 10.3. The summed E-state index contributed by atoms with van der Waals surface area (Å²) in [6.45, 7) is 3.01. The van der Waals surface area contributed by atoms with Crippen molar-refractivity contribution in [1.29, 1.82) is 0 Å². The van der Waals surface area contributed by atoms with Gasteiger partial charge in [-0.05, 0) is 92.5 Å². The molecular formula is C49H45F2N11O8. The van der Waals surface area contributed by atoms with Crippen LogP contribution in [-0.4, -0.2) is 138 Å². The van der Waals surface area contributed by atoms with Gasteiger partial charge in [-0.3, -0.25) is 53.6 Å². The third-order valence-corrected chi connectivity index (χ3v) is 15.4. The molecule has 9 heterocycles. The molecule has 0 saturated carbocycles. The number of H-pyrrole nitrogens is 2. The zero-order chi connectivity index (χ0) is 49.0. The highest BCUT2D eigenvalue weighted by molar-refractivity contribution is 6.20. The van der Waals surface area contributed by atoms with Gasteiger partial charge in [-0.15, -0.1) is 0 Å². The van der Waals surface area contributed by atoms with Crippen molar-refractivity contribution in [3.05, 3.63) is 107 Å². The van der Waals surface area contributed by atoms with Crippen LogP contribution < -0.4 is 15.1 Å². The Bertz CT molecular complexity index is 3050. The van der Waals surface area contributed by atoms with E-state index in [2.05, 4.69) is 35.7 Å². The zero-order valence-corrected chi connectivity index (χ0v) is 37.9. The van der Waals surface area contributed by atoms with Crippen LogP contribution in [0.1, 0.15) is 75.1 Å². The minimum Gasteiger partial charge on any atom is -0.480 e. The Hall–Kier alpha value is -7.81. The number of Topliss-reactive ketones (excluding diaryl/α,β-unsaturated/α-hetero) is 2. The van der Waals surface area contributed by atoms with Crippen LogP contribution in [0, 0.1) is 19.3 Å². The number of pyridine rings is 2. The number of amides is 4. The fourth-order valence-corrected chi connectivity index (χ4v) is 11.8. The molecule has 4 amide bonds. The first-order valence-corrected chi connectivity index (χ1v) is 23.0. The van der Waals surface area contributed by atoms with E-state index < -0.39 is 77.2 Å². The summed E-state index contributed by atoms with van der Waals surface area (Å²) in [4.78, 5) is 113. The van der Waals surface area contributed by atoms with Crippen molar-refractivity contribution in [2.75, 3.05) is 42.5 Å². The van der Waals surface area contributed by atoms with Crippen molar-refractivity contribution in [3.8, 4) is 0 Å². The highest BCUT2D eigenvalue weighted by atomic mass is 19.1. The molecule has 6 aromatic rings. The first-order valence-electron chi connectivity index (χ1n) is 23.0. The van der Waals surface area contributed by atoms with Gasteiger partial charge in [0.1, 0.15) is 11.5 Å². The molecule has 0 aliphatic carbocycles. The molecule has 2 spiro atoms. The molecule has 19 nitrogen and oxygen atoms in total. The van der Waals surface area contributed by atoms with Gasteiger partial charge in [0.05, 0.1) is 45.7 Å². The molecule has 0 radical (unpaired) electrons. The first-order chi connectivity index (χ1) is 33.6. The second-order valence-electron chi connectivity index (χ2n) is 19.1. The van der Waals surface area contributed by atoms with E-state index in [4.69, 9.17) is 0 Å². The van der Waals surface area contributed by atoms with Gasteiger partial charge in [0.2, 0.25) is 36.0 Å². The maximum Gasteiger partial charge on any atom is 0.320 e. The molecule has 5 aliphatic rings. The number of fused-ring (bicyclic) bond motifs is 6. The average Bonchev–Trinajstić information content (AvgIpc) is 4.21. The summed E-state index contributed by atoms with van der Waals surface area (Å²) < 4.78 is 35.4. The van der Waals surface area contributed by atoms with Gasteiger partial charge in [0.15, 0.2) is 11.3 Å². The number of hydrogen-bond donors (Lipinski definition) is 4. The highest BCUT2D eigenvalue weighted by Crippen LogP contribution is 2.53. The van der Waals surface area contributed by atoms with Gasteiger partial charge in [-0.1, -0.05) is 24.3 Å². The number of ketones is 2. The molecule has 3 unspecified atom stereocenters. The largest absolute Gasteiger partial charge is 0.480 e. The van der Waals surface area contributed by atoms with Crippen LogP contribution in [0.4, 0.5) is 20.2 Å². The van der Waals surface area contributed by atoms with Crippen LogP contribution >= 0.6 is 0 Å². The van der Waals surface area contributed by atoms with Crippen molar-refractivity contribution in [3.63, 3.8) is 0 Å². The summed E-state index contributed by atoms with van der Waals surface area (Å²) in [5.41, 5.74) is -1.63. The molecule has 21 heteroatoms. The van der Waals surface area contributed by atoms with E-state index in [1.54, 1.807) is 72.4 Å². The second-order valence-corrected chi connectivity index (χ2v) is 19.1. The molecule has 70 heavy (non-hydrogen) atoms. The summed E-state index contributed by atoms with van der Waals surface area (Å²) >= 11 is 0. The molecule has 3 fully saturated rings. The van der Waals surface area contributed by atoms with Gasteiger partial charge in [-0.2, -0.15) is 10.2 Å². The van der Waals surface area contributed by atoms with Crippen LogP contribution in [0.2, 0.25) is 0 Å². The number of anilines is 2. The number of carboxylic acid groups (broad SMARTS) is 1. The highest BCUT2D eigenvalue weighted by Gasteiger charge is 2.64. The zero-order valence-electron chi connectivity index (χ0n) is 37.9. The van der Waals surface area contributed by atoms with Crippen molar-refractivity contribution in [1.82, 2.24) is 45.5 Å². The quantitative estimate of drug-likeness (QED) is 0.119. The van der Waals surface area contributed by atoms with E-state index in [9.17, 15) is 29.1 Å². The number of carbonyl (C=O) groups excluding carboxylic acids is 6. The summed E-state index contributed by atoms with van der Waals surface area (Å²) in [6.07, 6.45) is -0.520. The van der Waals surface area contributed by atoms with Crippen LogP contribution in [0.15, 0.2) is 73.3 Å². The molecule has 3 saturated heterocycles. The Balaban J connectivity index is 0.874. The van der Waals surface area contributed by atoms with E-state index in [0.717, 1.165) is 0 Å².